The van der Waals surface area contributed by atoms with Crippen molar-refractivity contribution < 1.29 is 29.0 Å². The number of piperazine rings is 1. The van der Waals surface area contributed by atoms with Crippen molar-refractivity contribution in [2.45, 2.75) is 115 Å². The lowest BCUT2D eigenvalue weighted by Crippen LogP contribution is -2.74. The highest BCUT2D eigenvalue weighted by molar-refractivity contribution is 5.92. The normalized spacial score (nSPS) is 18.2. The summed E-state index contributed by atoms with van der Waals surface area (Å²) in [4.78, 5) is 65.5. The Labute approximate surface area is 330 Å². The number of hydrogen-bond acceptors (Lipinski definition) is 7. The van der Waals surface area contributed by atoms with Gasteiger partial charge in [-0.3, -0.25) is 24.3 Å². The highest BCUT2D eigenvalue weighted by Crippen LogP contribution is 2.33. The van der Waals surface area contributed by atoms with Crippen LogP contribution in [0.25, 0.3) is 10.9 Å². The van der Waals surface area contributed by atoms with Crippen LogP contribution in [0.4, 0.5) is 4.79 Å². The molecule has 3 heterocycles. The van der Waals surface area contributed by atoms with Crippen molar-refractivity contribution in [3.05, 3.63) is 108 Å². The summed E-state index contributed by atoms with van der Waals surface area (Å²) in [5.74, 6) is -0.770. The largest absolute Gasteiger partial charge is 0.508 e. The highest BCUT2D eigenvalue weighted by Gasteiger charge is 2.52. The fourth-order valence-corrected chi connectivity index (χ4v) is 7.96. The van der Waals surface area contributed by atoms with Crippen molar-refractivity contribution in [3.8, 4) is 5.75 Å². The lowest BCUT2D eigenvalue weighted by atomic mass is 9.94. The van der Waals surface area contributed by atoms with E-state index < -0.39 is 24.3 Å². The molecule has 1 aromatic heterocycles. The monoisotopic (exact) mass is 761 g/mol. The van der Waals surface area contributed by atoms with Gasteiger partial charge in [-0.2, -0.15) is 0 Å². The third-order valence-corrected chi connectivity index (χ3v) is 11.0. The Balaban J connectivity index is 1.23. The van der Waals surface area contributed by atoms with Gasteiger partial charge in [0.15, 0.2) is 0 Å². The second-order valence-electron chi connectivity index (χ2n) is 15.0. The summed E-state index contributed by atoms with van der Waals surface area (Å²) in [6.07, 6.45) is 11.5. The first-order valence-corrected chi connectivity index (χ1v) is 20.3. The number of hydrogen-bond donors (Lipinski definition) is 2. The number of pyridine rings is 1. The molecule has 0 spiro atoms. The third kappa shape index (κ3) is 10.4. The number of phenolic OH excluding ortho intramolecular Hbond substituents is 1. The molecule has 0 aliphatic carbocycles. The lowest BCUT2D eigenvalue weighted by molar-refractivity contribution is -0.173. The summed E-state index contributed by atoms with van der Waals surface area (Å²) in [6.45, 7) is 2.65. The Morgan fingerprint density at radius 1 is 0.839 bits per heavy atom. The number of rotatable bonds is 18. The number of ether oxygens (including phenoxy) is 1. The van der Waals surface area contributed by atoms with E-state index in [-0.39, 0.29) is 69.0 Å². The molecule has 0 radical (unpaired) electrons. The molecule has 11 nitrogen and oxygen atoms in total. The van der Waals surface area contributed by atoms with Crippen molar-refractivity contribution in [2.75, 3.05) is 13.2 Å². The van der Waals surface area contributed by atoms with Crippen LogP contribution in [0, 0.1) is 0 Å². The van der Waals surface area contributed by atoms with Gasteiger partial charge in [-0.15, -0.1) is 0 Å². The smallest absolute Gasteiger partial charge is 0.319 e. The van der Waals surface area contributed by atoms with E-state index in [1.807, 2.05) is 60.7 Å². The van der Waals surface area contributed by atoms with Gasteiger partial charge in [0.2, 0.25) is 11.8 Å². The number of nitrogens with one attached hydrogen (secondary N) is 1. The first-order valence-electron chi connectivity index (χ1n) is 20.3. The molecule has 2 saturated heterocycles. The maximum Gasteiger partial charge on any atom is 0.319 e. The minimum Gasteiger partial charge on any atom is -0.508 e. The van der Waals surface area contributed by atoms with Crippen LogP contribution in [0.1, 0.15) is 94.2 Å². The minimum atomic E-state index is -0.918. The van der Waals surface area contributed by atoms with E-state index in [9.17, 15) is 24.3 Å². The SMILES string of the molecule is CCCCCCCCCCCC(=O)OC[C@@H]1CC(=O)N2[C@H](CN(Cc3cccc4ncccc34)C(=O)[C@@H]2Cc2ccc(O)cc2)N1C(=O)NCc1ccccc1. The van der Waals surface area contributed by atoms with Crippen LogP contribution >= 0.6 is 0 Å². The molecule has 2 fully saturated rings. The molecule has 56 heavy (non-hydrogen) atoms. The minimum absolute atomic E-state index is 0.0644. The molecule has 2 aliphatic rings. The molecule has 296 valence electrons. The van der Waals surface area contributed by atoms with Gasteiger partial charge >= 0.3 is 12.0 Å². The van der Waals surface area contributed by atoms with E-state index in [0.29, 0.717) is 0 Å². The number of unbranched alkanes of at least 4 members (excludes halogenated alkanes) is 8. The van der Waals surface area contributed by atoms with Gasteiger partial charge in [-0.05, 0) is 47.4 Å². The van der Waals surface area contributed by atoms with E-state index in [1.54, 1.807) is 45.2 Å². The maximum absolute atomic E-state index is 14.5. The van der Waals surface area contributed by atoms with Crippen LogP contribution in [-0.4, -0.2) is 80.0 Å². The first-order chi connectivity index (χ1) is 27.3. The molecule has 2 N–H and O–H groups in total. The van der Waals surface area contributed by atoms with Crippen LogP contribution in [-0.2, 0) is 38.6 Å². The Morgan fingerprint density at radius 3 is 2.32 bits per heavy atom. The fraction of sp³-hybridized carbons (Fsp3) is 0.444. The van der Waals surface area contributed by atoms with Crippen molar-refractivity contribution in [1.29, 1.82) is 0 Å². The zero-order valence-electron chi connectivity index (χ0n) is 32.5. The third-order valence-electron chi connectivity index (χ3n) is 11.0. The number of urea groups is 1. The van der Waals surface area contributed by atoms with Crippen LogP contribution in [0.3, 0.4) is 0 Å². The first kappa shape index (κ1) is 40.2. The number of carbonyl (C=O) groups is 4. The van der Waals surface area contributed by atoms with Crippen LogP contribution in [0.15, 0.2) is 91.1 Å². The van der Waals surface area contributed by atoms with Crippen molar-refractivity contribution >= 4 is 34.7 Å². The van der Waals surface area contributed by atoms with Gasteiger partial charge in [-0.1, -0.05) is 119 Å². The van der Waals surface area contributed by atoms with Gasteiger partial charge in [0.1, 0.15) is 24.6 Å². The van der Waals surface area contributed by atoms with Crippen LogP contribution in [0.2, 0.25) is 0 Å². The molecule has 3 aromatic carbocycles. The Hall–Kier alpha value is -5.45. The van der Waals surface area contributed by atoms with E-state index in [0.717, 1.165) is 46.9 Å². The summed E-state index contributed by atoms with van der Waals surface area (Å²) >= 11 is 0. The summed E-state index contributed by atoms with van der Waals surface area (Å²) in [7, 11) is 0. The van der Waals surface area contributed by atoms with E-state index in [2.05, 4.69) is 17.2 Å². The van der Waals surface area contributed by atoms with Crippen molar-refractivity contribution in [2.24, 2.45) is 0 Å². The Morgan fingerprint density at radius 2 is 1.57 bits per heavy atom. The summed E-state index contributed by atoms with van der Waals surface area (Å²) < 4.78 is 5.81. The summed E-state index contributed by atoms with van der Waals surface area (Å²) in [6, 6.07) is 23.7. The average molecular weight is 762 g/mol. The average Bonchev–Trinajstić information content (AvgIpc) is 3.21. The maximum atomic E-state index is 14.5. The van der Waals surface area contributed by atoms with Gasteiger partial charge in [0, 0.05) is 37.5 Å². The standard InChI is InChI=1S/C45H55N5O6/c1-2-3-4-5-6-7-8-9-13-21-43(53)56-32-36-28-42(52)50-40(27-33-22-24-37(51)25-23-33)44(54)48(30-35-18-14-20-39-38(35)19-15-26-46-39)31-41(50)49(36)45(55)47-29-34-16-11-10-12-17-34/h10-12,14-20,22-26,36,40-41,51H,2-9,13,21,27-32H2,1H3,(H,47,55)/t36-,40-,41+/m0/s1. The number of aromatic hydroxyl groups is 1. The molecule has 4 amide bonds. The van der Waals surface area contributed by atoms with E-state index >= 15 is 0 Å². The van der Waals surface area contributed by atoms with Gasteiger partial charge in [0.05, 0.1) is 24.5 Å². The topological polar surface area (TPSA) is 132 Å². The van der Waals surface area contributed by atoms with Gasteiger partial charge in [-0.25, -0.2) is 4.79 Å². The molecule has 3 atom stereocenters. The number of nitrogens with zero attached hydrogens (tertiary/aromatic N) is 4. The van der Waals surface area contributed by atoms with Crippen LogP contribution < -0.4 is 5.32 Å². The number of carbonyl (C=O) groups excluding carboxylic acids is 4. The molecule has 4 aromatic rings. The molecular formula is C45H55N5O6. The zero-order valence-corrected chi connectivity index (χ0v) is 32.5. The van der Waals surface area contributed by atoms with Crippen molar-refractivity contribution in [1.82, 2.24) is 25.0 Å². The second kappa shape index (κ2) is 19.9. The van der Waals surface area contributed by atoms with E-state index in [1.165, 1.54) is 38.5 Å². The number of aromatic nitrogens is 1. The predicted molar refractivity (Wildman–Crippen MR) is 215 cm³/mol. The predicted octanol–water partition coefficient (Wildman–Crippen LogP) is 7.50. The molecule has 0 unspecified atom stereocenters. The summed E-state index contributed by atoms with van der Waals surface area (Å²) in [5, 5.41) is 13.9. The summed E-state index contributed by atoms with van der Waals surface area (Å²) in [5.41, 5.74) is 3.36. The number of amides is 4. The molecule has 0 bridgehead atoms. The Kier molecular flexibility index (Phi) is 14.3. The van der Waals surface area contributed by atoms with Gasteiger partial charge < -0.3 is 25.0 Å². The highest BCUT2D eigenvalue weighted by atomic mass is 16.5. The molecule has 11 heteroatoms. The Bertz CT molecular complexity index is 1920. The fourth-order valence-electron chi connectivity index (χ4n) is 7.96. The second-order valence-corrected chi connectivity index (χ2v) is 15.0. The number of esters is 1. The molecule has 0 saturated carbocycles. The zero-order chi connectivity index (χ0) is 39.3. The molecule has 6 rings (SSSR count). The molecular weight excluding hydrogens is 707 g/mol. The molecule has 2 aliphatic heterocycles. The quantitative estimate of drug-likeness (QED) is 0.0793. The van der Waals surface area contributed by atoms with Gasteiger partial charge in [0.25, 0.3) is 0 Å². The lowest BCUT2D eigenvalue weighted by Gasteiger charge is -2.54. The number of phenols is 1. The van der Waals surface area contributed by atoms with Crippen LogP contribution in [0.5, 0.6) is 5.75 Å². The number of benzene rings is 3. The van der Waals surface area contributed by atoms with E-state index in [4.69, 9.17) is 4.74 Å². The van der Waals surface area contributed by atoms with Crippen molar-refractivity contribution in [3.63, 3.8) is 0 Å². The number of fused-ring (bicyclic) bond motifs is 2.